The van der Waals surface area contributed by atoms with Crippen molar-refractivity contribution in [1.29, 1.82) is 0 Å². The van der Waals surface area contributed by atoms with Crippen LogP contribution in [0.2, 0.25) is 0 Å². The second kappa shape index (κ2) is 4.32. The number of aromatic amines is 1. The molecule has 0 aromatic carbocycles. The van der Waals surface area contributed by atoms with Gasteiger partial charge in [-0.2, -0.15) is 0 Å². The molecule has 1 heterocycles. The maximum absolute atomic E-state index is 11.9. The highest BCUT2D eigenvalue weighted by Crippen LogP contribution is 2.29. The van der Waals surface area contributed by atoms with E-state index in [9.17, 15) is 4.79 Å². The molecule has 0 saturated heterocycles. The Balaban J connectivity index is 3.30. The van der Waals surface area contributed by atoms with Crippen LogP contribution in [0, 0.1) is 13.8 Å². The lowest BCUT2D eigenvalue weighted by Crippen LogP contribution is -2.18. The van der Waals surface area contributed by atoms with Crippen LogP contribution >= 0.6 is 0 Å². The number of H-pyrrole nitrogens is 1. The van der Waals surface area contributed by atoms with Crippen molar-refractivity contribution in [2.24, 2.45) is 0 Å². The van der Waals surface area contributed by atoms with E-state index < -0.39 is 0 Å². The van der Waals surface area contributed by atoms with Gasteiger partial charge in [0.05, 0.1) is 12.2 Å². The lowest BCUT2D eigenvalue weighted by atomic mass is 9.88. The summed E-state index contributed by atoms with van der Waals surface area (Å²) in [6.45, 7) is 12.4. The van der Waals surface area contributed by atoms with E-state index in [1.54, 1.807) is 0 Å². The van der Waals surface area contributed by atoms with Gasteiger partial charge in [0.1, 0.15) is 0 Å². The summed E-state index contributed by atoms with van der Waals surface area (Å²) < 4.78 is 5.10. The number of carbonyl (C=O) groups is 1. The Morgan fingerprint density at radius 3 is 2.31 bits per heavy atom. The molecule has 1 rings (SSSR count). The third kappa shape index (κ3) is 2.29. The second-order valence-corrected chi connectivity index (χ2v) is 5.10. The highest BCUT2D eigenvalue weighted by Gasteiger charge is 2.27. The molecule has 0 amide bonds. The summed E-state index contributed by atoms with van der Waals surface area (Å²) in [6.07, 6.45) is 0. The van der Waals surface area contributed by atoms with Gasteiger partial charge < -0.3 is 9.72 Å². The van der Waals surface area contributed by atoms with Crippen LogP contribution in [-0.4, -0.2) is 17.6 Å². The summed E-state index contributed by atoms with van der Waals surface area (Å²) in [5, 5.41) is 0. The van der Waals surface area contributed by atoms with Crippen LogP contribution in [0.4, 0.5) is 0 Å². The quantitative estimate of drug-likeness (QED) is 0.783. The van der Waals surface area contributed by atoms with Crippen LogP contribution in [0.15, 0.2) is 0 Å². The summed E-state index contributed by atoms with van der Waals surface area (Å²) >= 11 is 0. The molecule has 3 nitrogen and oxygen atoms in total. The Bertz CT molecular complexity index is 397. The minimum Gasteiger partial charge on any atom is -0.462 e. The molecule has 0 unspecified atom stereocenters. The largest absolute Gasteiger partial charge is 0.462 e. The first kappa shape index (κ1) is 12.8. The highest BCUT2D eigenvalue weighted by molar-refractivity contribution is 5.93. The molecule has 0 aliphatic heterocycles. The summed E-state index contributed by atoms with van der Waals surface area (Å²) in [7, 11) is 0. The summed E-state index contributed by atoms with van der Waals surface area (Å²) in [5.41, 5.74) is 3.60. The minimum atomic E-state index is -0.228. The van der Waals surface area contributed by atoms with Gasteiger partial charge in [-0.3, -0.25) is 0 Å². The molecule has 0 atom stereocenters. The Morgan fingerprint density at radius 2 is 1.88 bits per heavy atom. The maximum Gasteiger partial charge on any atom is 0.340 e. The average molecular weight is 223 g/mol. The van der Waals surface area contributed by atoms with Crippen molar-refractivity contribution in [3.63, 3.8) is 0 Å². The maximum atomic E-state index is 11.9. The smallest absolute Gasteiger partial charge is 0.340 e. The first-order valence-electron chi connectivity index (χ1n) is 5.65. The van der Waals surface area contributed by atoms with E-state index in [1.807, 2.05) is 20.8 Å². The standard InChI is InChI=1S/C13H21NO2/c1-7-16-12(15)10-8(2)9(3)14-11(10)13(4,5)6/h14H,7H2,1-6H3. The SMILES string of the molecule is CCOC(=O)c1c(C(C)(C)C)[nH]c(C)c1C. The molecular formula is C13H21NO2. The van der Waals surface area contributed by atoms with Crippen LogP contribution in [0.25, 0.3) is 0 Å². The van der Waals surface area contributed by atoms with Crippen LogP contribution in [-0.2, 0) is 10.2 Å². The molecule has 1 N–H and O–H groups in total. The van der Waals surface area contributed by atoms with E-state index in [4.69, 9.17) is 4.74 Å². The molecule has 0 saturated carbocycles. The number of rotatable bonds is 2. The fraction of sp³-hybridized carbons (Fsp3) is 0.615. The van der Waals surface area contributed by atoms with Gasteiger partial charge in [0, 0.05) is 16.8 Å². The van der Waals surface area contributed by atoms with Crippen molar-refractivity contribution >= 4 is 5.97 Å². The Kier molecular flexibility index (Phi) is 3.46. The van der Waals surface area contributed by atoms with Gasteiger partial charge in [0.25, 0.3) is 0 Å². The Hall–Kier alpha value is -1.25. The molecule has 0 bridgehead atoms. The van der Waals surface area contributed by atoms with Gasteiger partial charge in [-0.05, 0) is 26.3 Å². The molecule has 90 valence electrons. The lowest BCUT2D eigenvalue weighted by Gasteiger charge is -2.19. The van der Waals surface area contributed by atoms with E-state index in [1.165, 1.54) is 0 Å². The summed E-state index contributed by atoms with van der Waals surface area (Å²) in [5.74, 6) is -0.228. The van der Waals surface area contributed by atoms with Crippen LogP contribution in [0.3, 0.4) is 0 Å². The van der Waals surface area contributed by atoms with E-state index in [2.05, 4.69) is 25.8 Å². The Labute approximate surface area is 97.2 Å². The van der Waals surface area contributed by atoms with E-state index in [0.717, 1.165) is 17.0 Å². The van der Waals surface area contributed by atoms with Gasteiger partial charge in [-0.1, -0.05) is 20.8 Å². The van der Waals surface area contributed by atoms with Gasteiger partial charge >= 0.3 is 5.97 Å². The van der Waals surface area contributed by atoms with Crippen molar-refractivity contribution in [2.75, 3.05) is 6.61 Å². The third-order valence-electron chi connectivity index (χ3n) is 2.73. The first-order valence-corrected chi connectivity index (χ1v) is 5.65. The summed E-state index contributed by atoms with van der Waals surface area (Å²) in [6, 6.07) is 0. The topological polar surface area (TPSA) is 42.1 Å². The van der Waals surface area contributed by atoms with Gasteiger partial charge in [0.2, 0.25) is 0 Å². The monoisotopic (exact) mass is 223 g/mol. The predicted molar refractivity (Wildman–Crippen MR) is 64.9 cm³/mol. The zero-order valence-electron chi connectivity index (χ0n) is 11.0. The second-order valence-electron chi connectivity index (χ2n) is 5.10. The number of esters is 1. The number of ether oxygens (including phenoxy) is 1. The number of carbonyl (C=O) groups excluding carboxylic acids is 1. The molecule has 0 spiro atoms. The molecule has 0 aliphatic rings. The van der Waals surface area contributed by atoms with E-state index in [-0.39, 0.29) is 11.4 Å². The zero-order valence-corrected chi connectivity index (χ0v) is 11.0. The zero-order chi connectivity index (χ0) is 12.5. The molecule has 0 radical (unpaired) electrons. The van der Waals surface area contributed by atoms with Gasteiger partial charge in [-0.25, -0.2) is 4.79 Å². The van der Waals surface area contributed by atoms with Gasteiger partial charge in [0.15, 0.2) is 0 Å². The molecule has 1 aromatic heterocycles. The normalized spacial score (nSPS) is 11.6. The molecule has 3 heteroatoms. The fourth-order valence-electron chi connectivity index (χ4n) is 1.74. The van der Waals surface area contributed by atoms with E-state index in [0.29, 0.717) is 12.2 Å². The average Bonchev–Trinajstić information content (AvgIpc) is 2.43. The first-order chi connectivity index (χ1) is 7.29. The fourth-order valence-corrected chi connectivity index (χ4v) is 1.74. The van der Waals surface area contributed by atoms with Crippen molar-refractivity contribution in [2.45, 2.75) is 47.0 Å². The van der Waals surface area contributed by atoms with Gasteiger partial charge in [-0.15, -0.1) is 0 Å². The van der Waals surface area contributed by atoms with Crippen molar-refractivity contribution in [1.82, 2.24) is 4.98 Å². The molecule has 0 aliphatic carbocycles. The number of hydrogen-bond donors (Lipinski definition) is 1. The van der Waals surface area contributed by atoms with Crippen LogP contribution in [0.5, 0.6) is 0 Å². The third-order valence-corrected chi connectivity index (χ3v) is 2.73. The van der Waals surface area contributed by atoms with Crippen molar-refractivity contribution < 1.29 is 9.53 Å². The predicted octanol–water partition coefficient (Wildman–Crippen LogP) is 3.11. The summed E-state index contributed by atoms with van der Waals surface area (Å²) in [4.78, 5) is 15.2. The highest BCUT2D eigenvalue weighted by atomic mass is 16.5. The number of hydrogen-bond acceptors (Lipinski definition) is 2. The number of aromatic nitrogens is 1. The molecule has 16 heavy (non-hydrogen) atoms. The number of aryl methyl sites for hydroxylation is 1. The Morgan fingerprint density at radius 1 is 1.31 bits per heavy atom. The van der Waals surface area contributed by atoms with E-state index >= 15 is 0 Å². The molecule has 1 aromatic rings. The van der Waals surface area contributed by atoms with Crippen LogP contribution in [0.1, 0.15) is 55.0 Å². The molecule has 0 fully saturated rings. The molecular weight excluding hydrogens is 202 g/mol. The van der Waals surface area contributed by atoms with Crippen molar-refractivity contribution in [3.05, 3.63) is 22.5 Å². The lowest BCUT2D eigenvalue weighted by molar-refractivity contribution is 0.0523. The van der Waals surface area contributed by atoms with Crippen molar-refractivity contribution in [3.8, 4) is 0 Å². The minimum absolute atomic E-state index is 0.0822. The van der Waals surface area contributed by atoms with Crippen LogP contribution < -0.4 is 0 Å². The number of nitrogens with one attached hydrogen (secondary N) is 1.